The molecule has 0 aliphatic carbocycles. The van der Waals surface area contributed by atoms with Crippen LogP contribution in [0.25, 0.3) is 0 Å². The van der Waals surface area contributed by atoms with E-state index in [4.69, 9.17) is 14.0 Å². The number of aryl methyl sites for hydroxylation is 1. The van der Waals surface area contributed by atoms with E-state index in [1.165, 1.54) is 0 Å². The van der Waals surface area contributed by atoms with E-state index in [1.807, 2.05) is 39.0 Å². The average molecular weight is 260 g/mol. The van der Waals surface area contributed by atoms with Gasteiger partial charge in [-0.15, -0.1) is 0 Å². The van der Waals surface area contributed by atoms with Gasteiger partial charge >= 0.3 is 0 Å². The van der Waals surface area contributed by atoms with Gasteiger partial charge in [0.25, 0.3) is 0 Å². The molecule has 1 atom stereocenters. The fraction of sp³-hybridized carbons (Fsp3) is 0.500. The van der Waals surface area contributed by atoms with Gasteiger partial charge in [-0.1, -0.05) is 19.9 Å². The van der Waals surface area contributed by atoms with E-state index in [0.29, 0.717) is 6.61 Å². The third kappa shape index (κ3) is 6.41. The van der Waals surface area contributed by atoms with Crippen LogP contribution in [0.4, 0.5) is 0 Å². The summed E-state index contributed by atoms with van der Waals surface area (Å²) in [5.41, 5.74) is 2.03. The number of benzene rings is 1. The molecule has 17 heavy (non-hydrogen) atoms. The minimum absolute atomic E-state index is 0.161. The zero-order chi connectivity index (χ0) is 13.3. The lowest BCUT2D eigenvalue weighted by Gasteiger charge is -2.07. The molecule has 0 aromatic heterocycles. The van der Waals surface area contributed by atoms with Crippen LogP contribution in [-0.4, -0.2) is 21.8 Å². The molecular weight excluding hydrogens is 240 g/mol. The number of rotatable bonds is 5. The van der Waals surface area contributed by atoms with Crippen molar-refractivity contribution in [3.05, 3.63) is 29.3 Å². The van der Waals surface area contributed by atoms with E-state index in [0.717, 1.165) is 16.9 Å². The van der Waals surface area contributed by atoms with E-state index in [1.54, 1.807) is 7.11 Å². The molecule has 0 aliphatic rings. The Morgan fingerprint density at radius 2 is 2.00 bits per heavy atom. The highest BCUT2D eigenvalue weighted by Crippen LogP contribution is 2.17. The van der Waals surface area contributed by atoms with Crippen molar-refractivity contribution in [2.24, 2.45) is 0 Å². The molecule has 1 rings (SSSR count). The van der Waals surface area contributed by atoms with Crippen molar-refractivity contribution in [3.63, 3.8) is 0 Å². The molecular formula is C12H20O4S. The first-order chi connectivity index (χ1) is 8.13. The van der Waals surface area contributed by atoms with Gasteiger partial charge in [0.2, 0.25) is 0 Å². The molecule has 0 amide bonds. The van der Waals surface area contributed by atoms with Crippen molar-refractivity contribution >= 4 is 11.1 Å². The summed E-state index contributed by atoms with van der Waals surface area (Å²) in [6, 6.07) is 5.62. The Morgan fingerprint density at radius 1 is 1.35 bits per heavy atom. The van der Waals surface area contributed by atoms with Gasteiger partial charge < -0.3 is 14.0 Å². The molecule has 1 N–H and O–H groups in total. The van der Waals surface area contributed by atoms with E-state index < -0.39 is 11.1 Å². The number of ether oxygens (including phenoxy) is 2. The van der Waals surface area contributed by atoms with Crippen LogP contribution < -0.4 is 4.74 Å². The Hall–Kier alpha value is -0.910. The average Bonchev–Trinajstić information content (AvgIpc) is 2.33. The molecule has 1 aromatic carbocycles. The fourth-order valence-electron chi connectivity index (χ4n) is 1.18. The highest BCUT2D eigenvalue weighted by Gasteiger charge is 2.01. The van der Waals surface area contributed by atoms with Gasteiger partial charge in [0.15, 0.2) is 11.1 Å². The van der Waals surface area contributed by atoms with Gasteiger partial charge in [-0.25, -0.2) is 4.21 Å². The number of hydrogen-bond donors (Lipinski definition) is 1. The third-order valence-electron chi connectivity index (χ3n) is 1.99. The van der Waals surface area contributed by atoms with Gasteiger partial charge in [-0.2, -0.15) is 0 Å². The normalized spacial score (nSPS) is 11.4. The van der Waals surface area contributed by atoms with Crippen molar-refractivity contribution in [1.82, 2.24) is 0 Å². The van der Waals surface area contributed by atoms with Crippen molar-refractivity contribution in [3.8, 4) is 5.75 Å². The Morgan fingerprint density at radius 3 is 2.47 bits per heavy atom. The van der Waals surface area contributed by atoms with Crippen molar-refractivity contribution in [2.45, 2.75) is 27.4 Å². The van der Waals surface area contributed by atoms with Crippen molar-refractivity contribution in [2.75, 3.05) is 13.0 Å². The molecule has 0 fully saturated rings. The highest BCUT2D eigenvalue weighted by molar-refractivity contribution is 7.79. The van der Waals surface area contributed by atoms with Gasteiger partial charge in [-0.05, 0) is 30.2 Å². The second-order valence-corrected chi connectivity index (χ2v) is 3.96. The predicted molar refractivity (Wildman–Crippen MR) is 69.5 cm³/mol. The lowest BCUT2D eigenvalue weighted by Crippen LogP contribution is -2.02. The maximum atomic E-state index is 10.3. The molecule has 0 saturated heterocycles. The molecule has 0 bridgehead atoms. The maximum Gasteiger partial charge on any atom is 0.179 e. The molecule has 98 valence electrons. The van der Waals surface area contributed by atoms with Crippen LogP contribution in [0.5, 0.6) is 5.75 Å². The second-order valence-electron chi connectivity index (χ2n) is 3.08. The maximum absolute atomic E-state index is 10.3. The largest absolute Gasteiger partial charge is 0.497 e. The minimum atomic E-state index is -1.90. The van der Waals surface area contributed by atoms with Gasteiger partial charge in [0.1, 0.15) is 11.7 Å². The summed E-state index contributed by atoms with van der Waals surface area (Å²) in [7, 11) is 1.61. The first-order valence-corrected chi connectivity index (χ1v) is 6.70. The smallest absolute Gasteiger partial charge is 0.179 e. The molecule has 5 heteroatoms. The summed E-state index contributed by atoms with van der Waals surface area (Å²) < 4.78 is 29.0. The van der Waals surface area contributed by atoms with Crippen LogP contribution in [0.15, 0.2) is 18.2 Å². The number of methoxy groups -OCH3 is 1. The summed E-state index contributed by atoms with van der Waals surface area (Å²) in [5.74, 6) is 0.632. The molecule has 0 heterocycles. The molecule has 1 unspecified atom stereocenters. The predicted octanol–water partition coefficient (Wildman–Crippen LogP) is 2.73. The Bertz CT molecular complexity index is 352. The highest BCUT2D eigenvalue weighted by atomic mass is 32.2. The zero-order valence-corrected chi connectivity index (χ0v) is 11.5. The first kappa shape index (κ1) is 16.1. The van der Waals surface area contributed by atoms with E-state index >= 15 is 0 Å². The summed E-state index contributed by atoms with van der Waals surface area (Å²) in [6.07, 6.45) is 0. The standard InChI is InChI=1S/C10H14O4S.C2H6/c1-8-5-10(13-2)4-3-9(8)6-14-7-15(11)12;1-2/h3-5H,6-7H2,1-2H3,(H,11,12);1-2H3. The van der Waals surface area contributed by atoms with E-state index in [9.17, 15) is 4.21 Å². The van der Waals surface area contributed by atoms with Crippen molar-refractivity contribution < 1.29 is 18.2 Å². The number of hydrogen-bond acceptors (Lipinski definition) is 3. The van der Waals surface area contributed by atoms with Crippen LogP contribution in [-0.2, 0) is 22.4 Å². The van der Waals surface area contributed by atoms with Crippen LogP contribution in [0.1, 0.15) is 25.0 Å². The molecule has 0 saturated carbocycles. The monoisotopic (exact) mass is 260 g/mol. The molecule has 0 aliphatic heterocycles. The van der Waals surface area contributed by atoms with E-state index in [2.05, 4.69) is 0 Å². The Kier molecular flexibility index (Phi) is 8.66. The van der Waals surface area contributed by atoms with Gasteiger partial charge in [0, 0.05) is 0 Å². The van der Waals surface area contributed by atoms with Gasteiger partial charge in [-0.3, -0.25) is 0 Å². The molecule has 0 radical (unpaired) electrons. The van der Waals surface area contributed by atoms with E-state index in [-0.39, 0.29) is 5.94 Å². The zero-order valence-electron chi connectivity index (χ0n) is 10.7. The first-order valence-electron chi connectivity index (χ1n) is 5.42. The molecule has 4 nitrogen and oxygen atoms in total. The SMILES string of the molecule is CC.COc1ccc(COCS(=O)O)c(C)c1. The third-order valence-corrected chi connectivity index (χ3v) is 2.36. The lowest BCUT2D eigenvalue weighted by atomic mass is 10.1. The summed E-state index contributed by atoms with van der Waals surface area (Å²) in [5, 5.41) is 0. The minimum Gasteiger partial charge on any atom is -0.497 e. The van der Waals surface area contributed by atoms with Crippen LogP contribution >= 0.6 is 0 Å². The summed E-state index contributed by atoms with van der Waals surface area (Å²) in [6.45, 7) is 6.28. The van der Waals surface area contributed by atoms with Crippen LogP contribution in [0.2, 0.25) is 0 Å². The lowest BCUT2D eigenvalue weighted by molar-refractivity contribution is 0.161. The molecule has 0 spiro atoms. The second kappa shape index (κ2) is 9.15. The van der Waals surface area contributed by atoms with Crippen LogP contribution in [0.3, 0.4) is 0 Å². The van der Waals surface area contributed by atoms with Crippen LogP contribution in [0, 0.1) is 6.92 Å². The van der Waals surface area contributed by atoms with Gasteiger partial charge in [0.05, 0.1) is 13.7 Å². The summed E-state index contributed by atoms with van der Waals surface area (Å²) in [4.78, 5) is 0. The summed E-state index contributed by atoms with van der Waals surface area (Å²) >= 11 is -1.90. The quantitative estimate of drug-likeness (QED) is 0.827. The Balaban J connectivity index is 0.00000121. The Labute approximate surface area is 105 Å². The topological polar surface area (TPSA) is 55.8 Å². The van der Waals surface area contributed by atoms with Crippen molar-refractivity contribution in [1.29, 1.82) is 0 Å². The fourth-order valence-corrected chi connectivity index (χ4v) is 1.41. The molecule has 1 aromatic rings.